The smallest absolute Gasteiger partial charge is 0.171 e. The molecule has 4 heteroatoms. The van der Waals surface area contributed by atoms with Crippen molar-refractivity contribution in [1.82, 2.24) is 14.4 Å². The summed E-state index contributed by atoms with van der Waals surface area (Å²) in [7, 11) is 0. The van der Waals surface area contributed by atoms with Crippen molar-refractivity contribution in [3.8, 4) is 0 Å². The molecule has 74 valence electrons. The van der Waals surface area contributed by atoms with Gasteiger partial charge >= 0.3 is 0 Å². The van der Waals surface area contributed by atoms with Gasteiger partial charge in [-0.1, -0.05) is 20.8 Å². The van der Waals surface area contributed by atoms with Crippen LogP contribution in [0.4, 0.5) is 0 Å². The predicted octanol–water partition coefficient (Wildman–Crippen LogP) is 2.79. The average molecular weight is 254 g/mol. The molecular formula is C10H12BrN3. The van der Waals surface area contributed by atoms with Gasteiger partial charge in [-0.2, -0.15) is 0 Å². The van der Waals surface area contributed by atoms with Crippen LogP contribution in [0.15, 0.2) is 23.1 Å². The quantitative estimate of drug-likeness (QED) is 0.723. The topological polar surface area (TPSA) is 30.2 Å². The number of hydrogen-bond donors (Lipinski definition) is 0. The molecule has 0 saturated carbocycles. The molecule has 0 spiro atoms. The molecule has 0 amide bonds. The second-order valence-electron chi connectivity index (χ2n) is 4.29. The Kier molecular flexibility index (Phi) is 2.10. The Morgan fingerprint density at radius 3 is 2.71 bits per heavy atom. The molecule has 0 saturated heterocycles. The third kappa shape index (κ3) is 1.43. The number of halogens is 1. The molecule has 2 aromatic heterocycles. The van der Waals surface area contributed by atoms with Crippen LogP contribution in [-0.2, 0) is 5.41 Å². The molecule has 0 N–H and O–H groups in total. The lowest BCUT2D eigenvalue weighted by atomic mass is 9.96. The summed E-state index contributed by atoms with van der Waals surface area (Å²) in [6, 6.07) is 1.91. The van der Waals surface area contributed by atoms with Crippen LogP contribution in [-0.4, -0.2) is 14.4 Å². The second kappa shape index (κ2) is 3.05. The predicted molar refractivity (Wildman–Crippen MR) is 59.4 cm³/mol. The van der Waals surface area contributed by atoms with E-state index in [4.69, 9.17) is 0 Å². The summed E-state index contributed by atoms with van der Waals surface area (Å²) in [5.74, 6) is 1.02. The molecule has 2 heterocycles. The Hall–Kier alpha value is -0.900. The summed E-state index contributed by atoms with van der Waals surface area (Å²) >= 11 is 3.42. The Balaban J connectivity index is 2.80. The van der Waals surface area contributed by atoms with Gasteiger partial charge in [0.15, 0.2) is 10.3 Å². The highest BCUT2D eigenvalue weighted by molar-refractivity contribution is 9.10. The van der Waals surface area contributed by atoms with Crippen molar-refractivity contribution in [3.05, 3.63) is 28.9 Å². The first-order valence-corrected chi connectivity index (χ1v) is 5.28. The van der Waals surface area contributed by atoms with E-state index in [-0.39, 0.29) is 5.41 Å². The molecule has 0 aromatic carbocycles. The van der Waals surface area contributed by atoms with Gasteiger partial charge in [0.25, 0.3) is 0 Å². The summed E-state index contributed by atoms with van der Waals surface area (Å²) in [5, 5.41) is 0. The number of fused-ring (bicyclic) bond motifs is 1. The summed E-state index contributed by atoms with van der Waals surface area (Å²) in [5.41, 5.74) is 0.898. The maximum atomic E-state index is 4.48. The van der Waals surface area contributed by atoms with Gasteiger partial charge in [0, 0.05) is 17.8 Å². The van der Waals surface area contributed by atoms with E-state index in [0.29, 0.717) is 0 Å². The first-order valence-electron chi connectivity index (χ1n) is 4.49. The third-order valence-corrected chi connectivity index (χ3v) is 2.57. The highest BCUT2D eigenvalue weighted by Gasteiger charge is 2.21. The molecule has 0 aliphatic carbocycles. The van der Waals surface area contributed by atoms with Crippen LogP contribution in [0.3, 0.4) is 0 Å². The van der Waals surface area contributed by atoms with E-state index in [1.165, 1.54) is 0 Å². The zero-order valence-corrected chi connectivity index (χ0v) is 10.0. The van der Waals surface area contributed by atoms with Gasteiger partial charge in [-0.15, -0.1) is 0 Å². The summed E-state index contributed by atoms with van der Waals surface area (Å²) in [4.78, 5) is 8.75. The molecule has 0 atom stereocenters. The Morgan fingerprint density at radius 1 is 1.36 bits per heavy atom. The van der Waals surface area contributed by atoms with E-state index in [1.807, 2.05) is 16.7 Å². The molecule has 0 bridgehead atoms. The Bertz CT molecular complexity index is 468. The fraction of sp³-hybridized carbons (Fsp3) is 0.400. The minimum atomic E-state index is 0.0258. The maximum absolute atomic E-state index is 4.48. The zero-order valence-electron chi connectivity index (χ0n) is 8.45. The molecule has 0 radical (unpaired) electrons. The van der Waals surface area contributed by atoms with Crippen molar-refractivity contribution in [1.29, 1.82) is 0 Å². The molecular weight excluding hydrogens is 242 g/mol. The largest absolute Gasteiger partial charge is 0.287 e. The van der Waals surface area contributed by atoms with Crippen LogP contribution in [0.2, 0.25) is 0 Å². The minimum absolute atomic E-state index is 0.0258. The molecule has 0 aliphatic rings. The van der Waals surface area contributed by atoms with Crippen LogP contribution < -0.4 is 0 Å². The van der Waals surface area contributed by atoms with Crippen LogP contribution in [0.25, 0.3) is 5.65 Å². The molecule has 2 rings (SSSR count). The van der Waals surface area contributed by atoms with Crippen molar-refractivity contribution in [2.45, 2.75) is 26.2 Å². The highest BCUT2D eigenvalue weighted by Crippen LogP contribution is 2.25. The van der Waals surface area contributed by atoms with E-state index in [1.54, 1.807) is 6.20 Å². The fourth-order valence-corrected chi connectivity index (χ4v) is 1.88. The number of rotatable bonds is 0. The van der Waals surface area contributed by atoms with E-state index in [9.17, 15) is 0 Å². The van der Waals surface area contributed by atoms with Crippen LogP contribution in [0, 0.1) is 0 Å². The molecule has 0 unspecified atom stereocenters. The van der Waals surface area contributed by atoms with Gasteiger partial charge in [-0.05, 0) is 22.0 Å². The van der Waals surface area contributed by atoms with E-state index in [0.717, 1.165) is 16.1 Å². The average Bonchev–Trinajstić information content (AvgIpc) is 2.44. The fourth-order valence-electron chi connectivity index (χ4n) is 1.42. The van der Waals surface area contributed by atoms with Gasteiger partial charge in [0.05, 0.1) is 0 Å². The van der Waals surface area contributed by atoms with E-state index >= 15 is 0 Å². The minimum Gasteiger partial charge on any atom is -0.287 e. The van der Waals surface area contributed by atoms with Gasteiger partial charge in [0.2, 0.25) is 0 Å². The van der Waals surface area contributed by atoms with Crippen molar-refractivity contribution in [2.75, 3.05) is 0 Å². The summed E-state index contributed by atoms with van der Waals surface area (Å²) in [6.07, 6.45) is 3.76. The Morgan fingerprint density at radius 2 is 2.07 bits per heavy atom. The normalized spacial score (nSPS) is 12.3. The standard InChI is InChI=1S/C10H12BrN3/c1-10(2,3)9-13-7(11)8-12-5-4-6-14(8)9/h4-6H,1-3H3. The van der Waals surface area contributed by atoms with Gasteiger partial charge < -0.3 is 0 Å². The highest BCUT2D eigenvalue weighted by atomic mass is 79.9. The summed E-state index contributed by atoms with van der Waals surface area (Å²) in [6.45, 7) is 6.42. The zero-order chi connectivity index (χ0) is 10.3. The van der Waals surface area contributed by atoms with E-state index < -0.39 is 0 Å². The van der Waals surface area contributed by atoms with Gasteiger partial charge in [0.1, 0.15) is 5.82 Å². The van der Waals surface area contributed by atoms with Crippen molar-refractivity contribution in [2.24, 2.45) is 0 Å². The van der Waals surface area contributed by atoms with Gasteiger partial charge in [-0.3, -0.25) is 4.40 Å². The lowest BCUT2D eigenvalue weighted by molar-refractivity contribution is 0.542. The number of aromatic nitrogens is 3. The first kappa shape index (κ1) is 9.65. The molecule has 14 heavy (non-hydrogen) atoms. The third-order valence-electron chi connectivity index (χ3n) is 2.03. The number of nitrogens with zero attached hydrogens (tertiary/aromatic N) is 3. The van der Waals surface area contributed by atoms with Crippen molar-refractivity contribution < 1.29 is 0 Å². The number of hydrogen-bond acceptors (Lipinski definition) is 2. The van der Waals surface area contributed by atoms with Crippen molar-refractivity contribution in [3.63, 3.8) is 0 Å². The molecule has 2 aromatic rings. The second-order valence-corrected chi connectivity index (χ2v) is 5.04. The van der Waals surface area contributed by atoms with Gasteiger partial charge in [-0.25, -0.2) is 9.97 Å². The summed E-state index contributed by atoms with van der Waals surface area (Å²) < 4.78 is 2.83. The lowest BCUT2D eigenvalue weighted by Gasteiger charge is -2.16. The van der Waals surface area contributed by atoms with Crippen molar-refractivity contribution >= 4 is 21.6 Å². The van der Waals surface area contributed by atoms with E-state index in [2.05, 4.69) is 46.7 Å². The molecule has 0 aliphatic heterocycles. The Labute approximate surface area is 91.3 Å². The molecule has 3 nitrogen and oxygen atoms in total. The lowest BCUT2D eigenvalue weighted by Crippen LogP contribution is -2.15. The first-order chi connectivity index (χ1) is 6.50. The monoisotopic (exact) mass is 253 g/mol. The maximum Gasteiger partial charge on any atom is 0.171 e. The van der Waals surface area contributed by atoms with Crippen LogP contribution in [0.1, 0.15) is 26.6 Å². The SMILES string of the molecule is CC(C)(C)c1nc(Br)c2ncccn12. The molecule has 0 fully saturated rings. The van der Waals surface area contributed by atoms with Crippen LogP contribution in [0.5, 0.6) is 0 Å². The number of imidazole rings is 1. The van der Waals surface area contributed by atoms with Crippen LogP contribution >= 0.6 is 15.9 Å².